The van der Waals surface area contributed by atoms with Gasteiger partial charge in [0.15, 0.2) is 0 Å². The predicted molar refractivity (Wildman–Crippen MR) is 207 cm³/mol. The molecule has 0 N–H and O–H groups in total. The normalized spacial score (nSPS) is 23.0. The summed E-state index contributed by atoms with van der Waals surface area (Å²) in [5.74, 6) is 1.71. The number of ether oxygens (including phenoxy) is 3. The first-order chi connectivity index (χ1) is 24.8. The maximum atomic E-state index is 12.8. The molecule has 0 aromatic rings. The van der Waals surface area contributed by atoms with Crippen LogP contribution in [0.1, 0.15) is 167 Å². The van der Waals surface area contributed by atoms with Crippen LogP contribution in [-0.4, -0.2) is 63.3 Å². The van der Waals surface area contributed by atoms with E-state index < -0.39 is 0 Å². The van der Waals surface area contributed by atoms with Crippen LogP contribution in [0.2, 0.25) is 0 Å². The Labute approximate surface area is 312 Å². The highest BCUT2D eigenvalue weighted by Gasteiger charge is 2.50. The molecule has 4 saturated carbocycles. The Kier molecular flexibility index (Phi) is 21.9. The molecule has 7 nitrogen and oxygen atoms in total. The van der Waals surface area contributed by atoms with Gasteiger partial charge < -0.3 is 19.1 Å². The minimum Gasteiger partial charge on any atom is -0.465 e. The van der Waals surface area contributed by atoms with E-state index in [4.69, 9.17) is 14.2 Å². The first-order valence-electron chi connectivity index (χ1n) is 21.2. The van der Waals surface area contributed by atoms with Gasteiger partial charge >= 0.3 is 17.9 Å². The average molecular weight is 714 g/mol. The van der Waals surface area contributed by atoms with Gasteiger partial charge in [-0.05, 0) is 147 Å². The summed E-state index contributed by atoms with van der Waals surface area (Å²) in [6, 6.07) is 0. The van der Waals surface area contributed by atoms with Crippen molar-refractivity contribution in [3.05, 3.63) is 24.3 Å². The fourth-order valence-electron chi connectivity index (χ4n) is 9.15. The first-order valence-corrected chi connectivity index (χ1v) is 21.2. The lowest BCUT2D eigenvalue weighted by Crippen LogP contribution is -2.45. The molecule has 4 aliphatic carbocycles. The Morgan fingerprint density at radius 2 is 1.06 bits per heavy atom. The first kappa shape index (κ1) is 43.3. The summed E-state index contributed by atoms with van der Waals surface area (Å²) in [6.07, 6.45) is 36.3. The van der Waals surface area contributed by atoms with E-state index in [2.05, 4.69) is 36.1 Å². The smallest absolute Gasteiger partial charge is 0.305 e. The molecule has 0 aromatic carbocycles. The maximum Gasteiger partial charge on any atom is 0.305 e. The number of nitrogens with zero attached hydrogens (tertiary/aromatic N) is 1. The van der Waals surface area contributed by atoms with Crippen molar-refractivity contribution in [3.8, 4) is 0 Å². The lowest BCUT2D eigenvalue weighted by atomic mass is 9.48. The molecule has 0 aromatic heterocycles. The molecule has 4 bridgehead atoms. The van der Waals surface area contributed by atoms with Crippen LogP contribution in [-0.2, 0) is 28.6 Å². The molecule has 0 heterocycles. The molecule has 0 saturated heterocycles. The molecule has 4 fully saturated rings. The van der Waals surface area contributed by atoms with E-state index >= 15 is 0 Å². The standard InChI is InChI=1S/C44H75NO6/c1-4-5-6-7-8-9-10-11-12-13-14-15-16-17-18-19-23-41(46)49-34-40(35-50-42(47)24-20-21-27-45(2)3)36-51-43(48)25-22-26-44-31-37-28-38(32-44)30-39(29-37)33-44/h8-9,11-12,37-40H,4-7,10,13-36H2,1-3H3/b9-8-,12-11-. The summed E-state index contributed by atoms with van der Waals surface area (Å²) in [6.45, 7) is 3.45. The zero-order valence-electron chi connectivity index (χ0n) is 33.0. The van der Waals surface area contributed by atoms with Crippen molar-refractivity contribution in [1.82, 2.24) is 4.90 Å². The van der Waals surface area contributed by atoms with Gasteiger partial charge in [0.05, 0.1) is 5.92 Å². The number of hydrogen-bond donors (Lipinski definition) is 0. The molecule has 0 radical (unpaired) electrons. The molecule has 4 aliphatic rings. The van der Waals surface area contributed by atoms with Gasteiger partial charge in [-0.15, -0.1) is 0 Å². The van der Waals surface area contributed by atoms with Crippen molar-refractivity contribution in [1.29, 1.82) is 0 Å². The Hall–Kier alpha value is -2.15. The highest BCUT2D eigenvalue weighted by molar-refractivity contribution is 5.70. The van der Waals surface area contributed by atoms with Crippen LogP contribution >= 0.6 is 0 Å². The van der Waals surface area contributed by atoms with Crippen LogP contribution in [0.3, 0.4) is 0 Å². The van der Waals surface area contributed by atoms with Crippen molar-refractivity contribution in [2.75, 3.05) is 40.5 Å². The zero-order chi connectivity index (χ0) is 36.6. The summed E-state index contributed by atoms with van der Waals surface area (Å²) in [5.41, 5.74) is 0.467. The van der Waals surface area contributed by atoms with Crippen molar-refractivity contribution in [3.63, 3.8) is 0 Å². The third-order valence-corrected chi connectivity index (χ3v) is 11.5. The van der Waals surface area contributed by atoms with Crippen LogP contribution in [0.4, 0.5) is 0 Å². The van der Waals surface area contributed by atoms with Crippen LogP contribution in [0.5, 0.6) is 0 Å². The third-order valence-electron chi connectivity index (χ3n) is 11.5. The van der Waals surface area contributed by atoms with E-state index in [1.54, 1.807) is 0 Å². The number of unbranched alkanes of at least 4 members (excludes halogenated alkanes) is 10. The van der Waals surface area contributed by atoms with Gasteiger partial charge in [-0.2, -0.15) is 0 Å². The zero-order valence-corrected chi connectivity index (χ0v) is 33.0. The summed E-state index contributed by atoms with van der Waals surface area (Å²) >= 11 is 0. The monoisotopic (exact) mass is 714 g/mol. The molecular formula is C44H75NO6. The molecule has 4 rings (SSSR count). The minimum absolute atomic E-state index is 0.0886. The predicted octanol–water partition coefficient (Wildman–Crippen LogP) is 10.6. The third kappa shape index (κ3) is 19.5. The Bertz CT molecular complexity index is 999. The number of rotatable bonds is 30. The second kappa shape index (κ2) is 25.8. The fourth-order valence-corrected chi connectivity index (χ4v) is 9.15. The fraction of sp³-hybridized carbons (Fsp3) is 0.841. The van der Waals surface area contributed by atoms with Gasteiger partial charge in [0.25, 0.3) is 0 Å². The van der Waals surface area contributed by atoms with Gasteiger partial charge in [-0.3, -0.25) is 14.4 Å². The molecular weight excluding hydrogens is 638 g/mol. The van der Waals surface area contributed by atoms with Crippen LogP contribution < -0.4 is 0 Å². The van der Waals surface area contributed by atoms with Crippen molar-refractivity contribution < 1.29 is 28.6 Å². The number of hydrogen-bond acceptors (Lipinski definition) is 7. The van der Waals surface area contributed by atoms with E-state index in [1.807, 2.05) is 14.1 Å². The summed E-state index contributed by atoms with van der Waals surface area (Å²) in [4.78, 5) is 39.8. The van der Waals surface area contributed by atoms with Gasteiger partial charge in [0.1, 0.15) is 19.8 Å². The van der Waals surface area contributed by atoms with Crippen LogP contribution in [0.15, 0.2) is 24.3 Å². The molecule has 292 valence electrons. The molecule has 7 heteroatoms. The highest BCUT2D eigenvalue weighted by Crippen LogP contribution is 2.61. The lowest BCUT2D eigenvalue weighted by Gasteiger charge is -2.57. The van der Waals surface area contributed by atoms with E-state index in [9.17, 15) is 14.4 Å². The van der Waals surface area contributed by atoms with Gasteiger partial charge in [-0.25, -0.2) is 0 Å². The molecule has 51 heavy (non-hydrogen) atoms. The molecule has 0 spiro atoms. The SMILES string of the molecule is CCCCC/C=C\C/C=C\CCCCCCCCC(=O)OCC(COC(=O)CCCCN(C)C)COC(=O)CCCC12CC3CC(CC(C3)C1)C2. The second-order valence-electron chi connectivity index (χ2n) is 16.8. The average Bonchev–Trinajstić information content (AvgIpc) is 3.08. The number of carbonyl (C=O) groups is 3. The highest BCUT2D eigenvalue weighted by atomic mass is 16.6. The van der Waals surface area contributed by atoms with Gasteiger partial charge in [0, 0.05) is 19.3 Å². The Morgan fingerprint density at radius 3 is 1.57 bits per heavy atom. The lowest BCUT2D eigenvalue weighted by molar-refractivity contribution is -0.153. The quantitative estimate of drug-likeness (QED) is 0.0317. The molecule has 1 unspecified atom stereocenters. The van der Waals surface area contributed by atoms with Gasteiger partial charge in [0.2, 0.25) is 0 Å². The molecule has 0 aliphatic heterocycles. The van der Waals surface area contributed by atoms with Crippen molar-refractivity contribution in [2.45, 2.75) is 167 Å². The van der Waals surface area contributed by atoms with E-state index in [0.29, 0.717) is 24.7 Å². The minimum atomic E-state index is -0.359. The van der Waals surface area contributed by atoms with E-state index in [0.717, 1.165) is 82.1 Å². The Morgan fingerprint density at radius 1 is 0.608 bits per heavy atom. The van der Waals surface area contributed by atoms with Crippen LogP contribution in [0, 0.1) is 29.1 Å². The second-order valence-corrected chi connectivity index (χ2v) is 16.8. The van der Waals surface area contributed by atoms with E-state index in [1.165, 1.54) is 83.5 Å². The largest absolute Gasteiger partial charge is 0.465 e. The number of esters is 3. The summed E-state index contributed by atoms with van der Waals surface area (Å²) in [7, 11) is 4.04. The summed E-state index contributed by atoms with van der Waals surface area (Å²) < 4.78 is 16.8. The summed E-state index contributed by atoms with van der Waals surface area (Å²) in [5, 5.41) is 0. The maximum absolute atomic E-state index is 12.8. The van der Waals surface area contributed by atoms with Crippen molar-refractivity contribution in [2.24, 2.45) is 29.1 Å². The number of allylic oxidation sites excluding steroid dienone is 4. The molecule has 1 atom stereocenters. The topological polar surface area (TPSA) is 82.1 Å². The van der Waals surface area contributed by atoms with E-state index in [-0.39, 0.29) is 43.6 Å². The molecule has 0 amide bonds. The number of carbonyl (C=O) groups excluding carboxylic acids is 3. The Balaban J connectivity index is 1.26. The van der Waals surface area contributed by atoms with Crippen LogP contribution in [0.25, 0.3) is 0 Å². The van der Waals surface area contributed by atoms with Crippen molar-refractivity contribution >= 4 is 17.9 Å². The van der Waals surface area contributed by atoms with Gasteiger partial charge in [-0.1, -0.05) is 69.8 Å².